The summed E-state index contributed by atoms with van der Waals surface area (Å²) in [6.07, 6.45) is 0. The maximum atomic E-state index is 11.0. The zero-order valence-corrected chi connectivity index (χ0v) is 14.3. The Morgan fingerprint density at radius 2 is 1.70 bits per heavy atom. The average Bonchev–Trinajstić information content (AvgIpc) is 2.41. The SMILES string of the molecule is O=[N+]([O-])c1cc(Br)ccc1Nc1ccc(Br)c(Cl)c1Cl. The largest absolute Gasteiger partial charge is 0.349 e. The van der Waals surface area contributed by atoms with Gasteiger partial charge in [-0.25, -0.2) is 0 Å². The highest BCUT2D eigenvalue weighted by Crippen LogP contribution is 2.39. The van der Waals surface area contributed by atoms with E-state index in [1.54, 1.807) is 24.3 Å². The highest BCUT2D eigenvalue weighted by molar-refractivity contribution is 9.10. The van der Waals surface area contributed by atoms with Crippen molar-refractivity contribution in [1.29, 1.82) is 0 Å². The number of rotatable bonds is 3. The molecule has 0 bridgehead atoms. The van der Waals surface area contributed by atoms with Crippen molar-refractivity contribution in [1.82, 2.24) is 0 Å². The Morgan fingerprint density at radius 3 is 2.35 bits per heavy atom. The van der Waals surface area contributed by atoms with E-state index in [1.165, 1.54) is 6.07 Å². The first kappa shape index (κ1) is 15.6. The number of nitro benzene ring substituents is 1. The maximum Gasteiger partial charge on any atom is 0.293 e. The molecule has 0 amide bonds. The Morgan fingerprint density at radius 1 is 1.05 bits per heavy atom. The van der Waals surface area contributed by atoms with Crippen LogP contribution in [0.3, 0.4) is 0 Å². The van der Waals surface area contributed by atoms with Crippen molar-refractivity contribution in [3.05, 3.63) is 59.4 Å². The molecule has 2 aromatic carbocycles. The van der Waals surface area contributed by atoms with E-state index in [1.807, 2.05) is 0 Å². The second-order valence-corrected chi connectivity index (χ2v) is 6.29. The Balaban J connectivity index is 2.45. The fourth-order valence-corrected chi connectivity index (χ4v) is 2.70. The van der Waals surface area contributed by atoms with Gasteiger partial charge in [0.05, 0.1) is 20.7 Å². The van der Waals surface area contributed by atoms with E-state index in [4.69, 9.17) is 23.2 Å². The van der Waals surface area contributed by atoms with E-state index in [9.17, 15) is 10.1 Å². The first-order chi connectivity index (χ1) is 9.40. The van der Waals surface area contributed by atoms with Gasteiger partial charge >= 0.3 is 0 Å². The molecule has 2 rings (SSSR count). The third-order valence-corrected chi connectivity index (χ3v) is 4.73. The van der Waals surface area contributed by atoms with Gasteiger partial charge in [0.1, 0.15) is 5.69 Å². The van der Waals surface area contributed by atoms with Gasteiger partial charge in [-0.2, -0.15) is 0 Å². The molecule has 0 aromatic heterocycles. The van der Waals surface area contributed by atoms with Crippen molar-refractivity contribution >= 4 is 72.1 Å². The molecule has 2 aromatic rings. The number of hydrogen-bond donors (Lipinski definition) is 1. The average molecular weight is 441 g/mol. The third-order valence-electron chi connectivity index (χ3n) is 2.46. The van der Waals surface area contributed by atoms with Crippen molar-refractivity contribution in [3.63, 3.8) is 0 Å². The highest BCUT2D eigenvalue weighted by atomic mass is 79.9. The van der Waals surface area contributed by atoms with Crippen LogP contribution in [0.25, 0.3) is 0 Å². The van der Waals surface area contributed by atoms with Crippen molar-refractivity contribution < 1.29 is 4.92 Å². The first-order valence-corrected chi connectivity index (χ1v) is 7.59. The van der Waals surface area contributed by atoms with Crippen LogP contribution in [-0.4, -0.2) is 4.92 Å². The van der Waals surface area contributed by atoms with E-state index < -0.39 is 4.92 Å². The molecule has 0 radical (unpaired) electrons. The first-order valence-electron chi connectivity index (χ1n) is 5.24. The van der Waals surface area contributed by atoms with Crippen LogP contribution in [0.4, 0.5) is 17.1 Å². The van der Waals surface area contributed by atoms with Crippen LogP contribution in [-0.2, 0) is 0 Å². The molecule has 0 aliphatic rings. The molecule has 0 spiro atoms. The van der Waals surface area contributed by atoms with Crippen LogP contribution in [0.15, 0.2) is 39.3 Å². The Hall–Kier alpha value is -0.820. The molecule has 0 aliphatic carbocycles. The van der Waals surface area contributed by atoms with Gasteiger partial charge in [0.2, 0.25) is 0 Å². The minimum Gasteiger partial charge on any atom is -0.349 e. The topological polar surface area (TPSA) is 55.2 Å². The van der Waals surface area contributed by atoms with Gasteiger partial charge in [-0.15, -0.1) is 0 Å². The Kier molecular flexibility index (Phi) is 4.90. The normalized spacial score (nSPS) is 10.4. The number of anilines is 2. The van der Waals surface area contributed by atoms with Crippen molar-refractivity contribution in [2.24, 2.45) is 0 Å². The summed E-state index contributed by atoms with van der Waals surface area (Å²) in [4.78, 5) is 10.6. The molecular weight excluding hydrogens is 435 g/mol. The lowest BCUT2D eigenvalue weighted by atomic mass is 10.2. The van der Waals surface area contributed by atoms with Gasteiger partial charge in [-0.1, -0.05) is 39.1 Å². The van der Waals surface area contributed by atoms with E-state index >= 15 is 0 Å². The lowest BCUT2D eigenvalue weighted by Gasteiger charge is -2.11. The van der Waals surface area contributed by atoms with Gasteiger partial charge in [0.25, 0.3) is 5.69 Å². The minimum absolute atomic E-state index is 0.0607. The molecule has 1 N–H and O–H groups in total. The van der Waals surface area contributed by atoms with Crippen molar-refractivity contribution in [3.8, 4) is 0 Å². The molecule has 4 nitrogen and oxygen atoms in total. The molecule has 0 unspecified atom stereocenters. The summed E-state index contributed by atoms with van der Waals surface area (Å²) in [7, 11) is 0. The second kappa shape index (κ2) is 6.30. The maximum absolute atomic E-state index is 11.0. The molecule has 8 heteroatoms. The summed E-state index contributed by atoms with van der Waals surface area (Å²) in [5.41, 5.74) is 0.762. The number of hydrogen-bond acceptors (Lipinski definition) is 3. The molecular formula is C12H6Br2Cl2N2O2. The van der Waals surface area contributed by atoms with Gasteiger partial charge in [0, 0.05) is 15.0 Å². The molecule has 20 heavy (non-hydrogen) atoms. The van der Waals surface area contributed by atoms with Gasteiger partial charge < -0.3 is 5.32 Å². The van der Waals surface area contributed by atoms with E-state index in [0.717, 1.165) is 0 Å². The number of nitrogens with one attached hydrogen (secondary N) is 1. The van der Waals surface area contributed by atoms with Crippen LogP contribution in [0, 0.1) is 10.1 Å². The van der Waals surface area contributed by atoms with Crippen LogP contribution in [0.5, 0.6) is 0 Å². The molecule has 0 atom stereocenters. The molecule has 0 fully saturated rings. The summed E-state index contributed by atoms with van der Waals surface area (Å²) in [5, 5.41) is 14.6. The van der Waals surface area contributed by atoms with E-state index in [0.29, 0.717) is 30.4 Å². The molecule has 0 saturated heterocycles. The lowest BCUT2D eigenvalue weighted by Crippen LogP contribution is -1.97. The van der Waals surface area contributed by atoms with Crippen LogP contribution < -0.4 is 5.32 Å². The minimum atomic E-state index is -0.471. The van der Waals surface area contributed by atoms with Crippen molar-refractivity contribution in [2.75, 3.05) is 5.32 Å². The van der Waals surface area contributed by atoms with Crippen LogP contribution in [0.1, 0.15) is 0 Å². The van der Waals surface area contributed by atoms with Crippen LogP contribution in [0.2, 0.25) is 10.0 Å². The fraction of sp³-hybridized carbons (Fsp3) is 0. The van der Waals surface area contributed by atoms with Gasteiger partial charge in [-0.3, -0.25) is 10.1 Å². The number of nitro groups is 1. The highest BCUT2D eigenvalue weighted by Gasteiger charge is 2.16. The van der Waals surface area contributed by atoms with E-state index in [2.05, 4.69) is 37.2 Å². The zero-order valence-electron chi connectivity index (χ0n) is 9.66. The van der Waals surface area contributed by atoms with Crippen LogP contribution >= 0.6 is 55.1 Å². The quantitative estimate of drug-likeness (QED) is 0.352. The third kappa shape index (κ3) is 3.25. The predicted octanol–water partition coefficient (Wildman–Crippen LogP) is 6.17. The van der Waals surface area contributed by atoms with Gasteiger partial charge in [-0.05, 0) is 40.2 Å². The summed E-state index contributed by atoms with van der Waals surface area (Å²) in [6, 6.07) is 8.10. The van der Waals surface area contributed by atoms with E-state index in [-0.39, 0.29) is 5.69 Å². The number of benzene rings is 2. The molecule has 0 saturated carbocycles. The fourth-order valence-electron chi connectivity index (χ4n) is 1.53. The Labute approximate surface area is 141 Å². The second-order valence-electron chi connectivity index (χ2n) is 3.77. The van der Waals surface area contributed by atoms with Crippen molar-refractivity contribution in [2.45, 2.75) is 0 Å². The summed E-state index contributed by atoms with van der Waals surface area (Å²) < 4.78 is 1.27. The molecule has 104 valence electrons. The lowest BCUT2D eigenvalue weighted by molar-refractivity contribution is -0.384. The Bertz CT molecular complexity index is 695. The summed E-state index contributed by atoms with van der Waals surface area (Å²) >= 11 is 18.6. The summed E-state index contributed by atoms with van der Waals surface area (Å²) in [6.45, 7) is 0. The predicted molar refractivity (Wildman–Crippen MR) is 88.2 cm³/mol. The number of nitrogens with zero attached hydrogens (tertiary/aromatic N) is 1. The molecule has 0 aliphatic heterocycles. The standard InChI is InChI=1S/C12H6Br2Cl2N2O2/c13-6-1-3-8(10(5-6)18(19)20)17-9-4-2-7(14)11(15)12(9)16/h1-5,17H. The summed E-state index contributed by atoms with van der Waals surface area (Å²) in [5.74, 6) is 0. The zero-order chi connectivity index (χ0) is 14.9. The monoisotopic (exact) mass is 438 g/mol. The molecule has 0 heterocycles. The smallest absolute Gasteiger partial charge is 0.293 e. The van der Waals surface area contributed by atoms with Gasteiger partial charge in [0.15, 0.2) is 0 Å². The number of halogens is 4.